The molecule has 2 aromatic carbocycles. The third-order valence-electron chi connectivity index (χ3n) is 4.86. The third kappa shape index (κ3) is 4.83. The Morgan fingerprint density at radius 1 is 1.03 bits per heavy atom. The number of hydrogen-bond acceptors (Lipinski definition) is 3. The molecule has 3 rings (SSSR count). The summed E-state index contributed by atoms with van der Waals surface area (Å²) in [6.07, 6.45) is 0.554. The van der Waals surface area contributed by atoms with Crippen LogP contribution in [0, 0.1) is 5.41 Å². The van der Waals surface area contributed by atoms with Crippen LogP contribution in [0.3, 0.4) is 0 Å². The standard InChI is InChI=1S/C23H28N4O2/c1-23(2,3)22(29)24-15-14-20-25-18-12-8-9-13-19(18)27(20)16-21(28)26(4)17-10-6-5-7-11-17/h5-13H,14-16H2,1-4H3,(H,24,29). The highest BCUT2D eigenvalue weighted by Gasteiger charge is 2.21. The maximum absolute atomic E-state index is 12.9. The number of imidazole rings is 1. The topological polar surface area (TPSA) is 67.2 Å². The Hall–Kier alpha value is -3.15. The zero-order chi connectivity index (χ0) is 21.0. The number of anilines is 1. The molecule has 152 valence electrons. The van der Waals surface area contributed by atoms with Gasteiger partial charge in [-0.1, -0.05) is 51.1 Å². The normalized spacial score (nSPS) is 11.4. The lowest BCUT2D eigenvalue weighted by Gasteiger charge is -2.19. The summed E-state index contributed by atoms with van der Waals surface area (Å²) in [7, 11) is 1.78. The molecule has 0 fully saturated rings. The van der Waals surface area contributed by atoms with E-state index in [1.165, 1.54) is 0 Å². The van der Waals surface area contributed by atoms with Crippen molar-refractivity contribution >= 4 is 28.5 Å². The van der Waals surface area contributed by atoms with Gasteiger partial charge in [-0.3, -0.25) is 9.59 Å². The fourth-order valence-electron chi connectivity index (χ4n) is 3.08. The van der Waals surface area contributed by atoms with Crippen LogP contribution in [0.25, 0.3) is 11.0 Å². The number of rotatable bonds is 6. The first-order valence-corrected chi connectivity index (χ1v) is 9.81. The summed E-state index contributed by atoms with van der Waals surface area (Å²) in [5.41, 5.74) is 2.18. The van der Waals surface area contributed by atoms with E-state index in [0.717, 1.165) is 22.5 Å². The number of hydrogen-bond donors (Lipinski definition) is 1. The molecule has 1 aromatic heterocycles. The van der Waals surface area contributed by atoms with Gasteiger partial charge in [0, 0.05) is 31.1 Å². The minimum Gasteiger partial charge on any atom is -0.355 e. The lowest BCUT2D eigenvalue weighted by atomic mass is 9.96. The molecule has 2 amide bonds. The molecule has 6 heteroatoms. The lowest BCUT2D eigenvalue weighted by Crippen LogP contribution is -2.36. The first kappa shape index (κ1) is 20.6. The predicted octanol–water partition coefficient (Wildman–Crippen LogP) is 3.40. The molecule has 0 saturated heterocycles. The third-order valence-corrected chi connectivity index (χ3v) is 4.86. The van der Waals surface area contributed by atoms with Crippen molar-refractivity contribution in [2.45, 2.75) is 33.7 Å². The van der Waals surface area contributed by atoms with Gasteiger partial charge in [-0.2, -0.15) is 0 Å². The Morgan fingerprint density at radius 2 is 1.69 bits per heavy atom. The lowest BCUT2D eigenvalue weighted by molar-refractivity contribution is -0.128. The summed E-state index contributed by atoms with van der Waals surface area (Å²) >= 11 is 0. The van der Waals surface area contributed by atoms with Crippen LogP contribution in [0.4, 0.5) is 5.69 Å². The first-order chi connectivity index (χ1) is 13.8. The zero-order valence-electron chi connectivity index (χ0n) is 17.5. The van der Waals surface area contributed by atoms with Crippen LogP contribution < -0.4 is 10.2 Å². The van der Waals surface area contributed by atoms with Crippen molar-refractivity contribution in [3.05, 3.63) is 60.4 Å². The van der Waals surface area contributed by atoms with Gasteiger partial charge < -0.3 is 14.8 Å². The molecule has 0 unspecified atom stereocenters. The fourth-order valence-corrected chi connectivity index (χ4v) is 3.08. The van der Waals surface area contributed by atoms with Crippen LogP contribution in [0.1, 0.15) is 26.6 Å². The second kappa shape index (κ2) is 8.47. The number of aromatic nitrogens is 2. The van der Waals surface area contributed by atoms with Crippen molar-refractivity contribution in [2.75, 3.05) is 18.5 Å². The monoisotopic (exact) mass is 392 g/mol. The van der Waals surface area contributed by atoms with E-state index in [2.05, 4.69) is 5.32 Å². The van der Waals surface area contributed by atoms with Crippen LogP contribution in [0.5, 0.6) is 0 Å². The second-order valence-electron chi connectivity index (χ2n) is 8.15. The number of nitrogens with zero attached hydrogens (tertiary/aromatic N) is 3. The van der Waals surface area contributed by atoms with Crippen molar-refractivity contribution in [3.8, 4) is 0 Å². The Balaban J connectivity index is 1.80. The van der Waals surface area contributed by atoms with Crippen LogP contribution in [0.2, 0.25) is 0 Å². The molecule has 6 nitrogen and oxygen atoms in total. The number of carbonyl (C=O) groups excluding carboxylic acids is 2. The minimum atomic E-state index is -0.436. The number of fused-ring (bicyclic) bond motifs is 1. The van der Waals surface area contributed by atoms with Crippen LogP contribution in [0.15, 0.2) is 54.6 Å². The summed E-state index contributed by atoms with van der Waals surface area (Å²) in [4.78, 5) is 31.4. The van der Waals surface area contributed by atoms with Gasteiger partial charge in [0.05, 0.1) is 11.0 Å². The van der Waals surface area contributed by atoms with Crippen LogP contribution in [-0.2, 0) is 22.6 Å². The van der Waals surface area contributed by atoms with Gasteiger partial charge in [-0.05, 0) is 24.3 Å². The fraction of sp³-hybridized carbons (Fsp3) is 0.348. The molecular weight excluding hydrogens is 364 g/mol. The number of benzene rings is 2. The van der Waals surface area contributed by atoms with Crippen molar-refractivity contribution in [1.29, 1.82) is 0 Å². The Morgan fingerprint density at radius 3 is 2.38 bits per heavy atom. The molecule has 0 aliphatic heterocycles. The summed E-state index contributed by atoms with van der Waals surface area (Å²) in [6.45, 7) is 6.32. The Kier molecular flexibility index (Phi) is 6.01. The van der Waals surface area contributed by atoms with E-state index in [1.807, 2.05) is 79.9 Å². The number of amides is 2. The van der Waals surface area contributed by atoms with Gasteiger partial charge in [0.25, 0.3) is 0 Å². The van der Waals surface area contributed by atoms with Crippen LogP contribution in [-0.4, -0.2) is 35.0 Å². The van der Waals surface area contributed by atoms with E-state index in [0.29, 0.717) is 13.0 Å². The molecule has 1 heterocycles. The molecule has 0 spiro atoms. The van der Waals surface area contributed by atoms with Crippen molar-refractivity contribution in [2.24, 2.45) is 5.41 Å². The SMILES string of the molecule is CN(C(=O)Cn1c(CCNC(=O)C(C)(C)C)nc2ccccc21)c1ccccc1. The van der Waals surface area contributed by atoms with E-state index in [4.69, 9.17) is 4.98 Å². The molecule has 0 aliphatic carbocycles. The first-order valence-electron chi connectivity index (χ1n) is 9.81. The molecule has 29 heavy (non-hydrogen) atoms. The number of nitrogens with one attached hydrogen (secondary N) is 1. The molecule has 0 saturated carbocycles. The number of para-hydroxylation sites is 3. The predicted molar refractivity (Wildman–Crippen MR) is 116 cm³/mol. The van der Waals surface area contributed by atoms with E-state index in [1.54, 1.807) is 11.9 Å². The van der Waals surface area contributed by atoms with Crippen molar-refractivity contribution < 1.29 is 9.59 Å². The maximum atomic E-state index is 12.9. The Bertz CT molecular complexity index is 1000. The molecule has 3 aromatic rings. The molecular formula is C23H28N4O2. The van der Waals surface area contributed by atoms with Crippen LogP contribution >= 0.6 is 0 Å². The number of likely N-dealkylation sites (N-methyl/N-ethyl adjacent to an activating group) is 1. The summed E-state index contributed by atoms with van der Waals surface area (Å²) in [5.74, 6) is 0.759. The maximum Gasteiger partial charge on any atom is 0.246 e. The highest BCUT2D eigenvalue weighted by atomic mass is 16.2. The van der Waals surface area contributed by atoms with Crippen molar-refractivity contribution in [3.63, 3.8) is 0 Å². The Labute approximate surface area is 171 Å². The van der Waals surface area contributed by atoms with Crippen molar-refractivity contribution in [1.82, 2.24) is 14.9 Å². The van der Waals surface area contributed by atoms with E-state index in [-0.39, 0.29) is 18.4 Å². The smallest absolute Gasteiger partial charge is 0.246 e. The highest BCUT2D eigenvalue weighted by molar-refractivity contribution is 5.93. The van der Waals surface area contributed by atoms with Gasteiger partial charge in [-0.25, -0.2) is 4.98 Å². The van der Waals surface area contributed by atoms with Gasteiger partial charge in [0.1, 0.15) is 12.4 Å². The molecule has 0 radical (unpaired) electrons. The molecule has 0 bridgehead atoms. The zero-order valence-corrected chi connectivity index (χ0v) is 17.5. The van der Waals surface area contributed by atoms with E-state index >= 15 is 0 Å². The van der Waals surface area contributed by atoms with Gasteiger partial charge in [0.15, 0.2) is 0 Å². The van der Waals surface area contributed by atoms with E-state index < -0.39 is 5.41 Å². The summed E-state index contributed by atoms with van der Waals surface area (Å²) in [6, 6.07) is 17.3. The number of carbonyl (C=O) groups is 2. The van der Waals surface area contributed by atoms with Gasteiger partial charge in [0.2, 0.25) is 11.8 Å². The van der Waals surface area contributed by atoms with Gasteiger partial charge in [-0.15, -0.1) is 0 Å². The quantitative estimate of drug-likeness (QED) is 0.699. The minimum absolute atomic E-state index is 0.0000448. The van der Waals surface area contributed by atoms with Gasteiger partial charge >= 0.3 is 0 Å². The highest BCUT2D eigenvalue weighted by Crippen LogP contribution is 2.19. The largest absolute Gasteiger partial charge is 0.355 e. The average Bonchev–Trinajstić information content (AvgIpc) is 3.04. The molecule has 0 atom stereocenters. The second-order valence-corrected chi connectivity index (χ2v) is 8.15. The summed E-state index contributed by atoms with van der Waals surface area (Å²) in [5, 5.41) is 2.96. The average molecular weight is 393 g/mol. The molecule has 1 N–H and O–H groups in total. The summed E-state index contributed by atoms with van der Waals surface area (Å²) < 4.78 is 1.94. The van der Waals surface area contributed by atoms with E-state index in [9.17, 15) is 9.59 Å². The molecule has 0 aliphatic rings.